The summed E-state index contributed by atoms with van der Waals surface area (Å²) in [4.78, 5) is 12.5. The molecule has 29 heavy (non-hydrogen) atoms. The first kappa shape index (κ1) is 22.6. The summed E-state index contributed by atoms with van der Waals surface area (Å²) in [7, 11) is -1.04. The first-order chi connectivity index (χ1) is 13.7. The molecule has 0 saturated carbocycles. The smallest absolute Gasteiger partial charge is 0.245 e. The van der Waals surface area contributed by atoms with E-state index in [4.69, 9.17) is 25.8 Å². The molecule has 1 amide bonds. The van der Waals surface area contributed by atoms with Gasteiger partial charge >= 0.3 is 0 Å². The van der Waals surface area contributed by atoms with Gasteiger partial charge in [0.15, 0.2) is 0 Å². The quantitative estimate of drug-likeness (QED) is 0.641. The Morgan fingerprint density at radius 3 is 2.24 bits per heavy atom. The SMILES string of the molecule is CCOc1ccc(NC(=O)CN(c2cc(OC)c(Cl)cc2OC)S(C)(=O)=O)cc1. The number of rotatable bonds is 9. The summed E-state index contributed by atoms with van der Waals surface area (Å²) in [5.41, 5.74) is 0.644. The molecule has 0 spiro atoms. The maximum Gasteiger partial charge on any atom is 0.245 e. The van der Waals surface area contributed by atoms with Crippen LogP contribution in [0, 0.1) is 0 Å². The third-order valence-corrected chi connectivity index (χ3v) is 5.28. The lowest BCUT2D eigenvalue weighted by Crippen LogP contribution is -2.37. The zero-order chi connectivity index (χ0) is 21.6. The fourth-order valence-corrected chi connectivity index (χ4v) is 3.63. The molecule has 2 aromatic rings. The van der Waals surface area contributed by atoms with E-state index in [1.165, 1.54) is 26.4 Å². The average molecular weight is 443 g/mol. The largest absolute Gasteiger partial charge is 0.495 e. The molecular weight excluding hydrogens is 420 g/mol. The topological polar surface area (TPSA) is 94.2 Å². The summed E-state index contributed by atoms with van der Waals surface area (Å²) >= 11 is 6.08. The Kier molecular flexibility index (Phi) is 7.58. The van der Waals surface area contributed by atoms with Crippen LogP contribution in [0.15, 0.2) is 36.4 Å². The van der Waals surface area contributed by atoms with Gasteiger partial charge in [-0.2, -0.15) is 0 Å². The number of halogens is 1. The molecule has 0 fully saturated rings. The number of hydrogen-bond acceptors (Lipinski definition) is 6. The summed E-state index contributed by atoms with van der Waals surface area (Å²) in [5.74, 6) is 0.579. The average Bonchev–Trinajstić information content (AvgIpc) is 2.67. The summed E-state index contributed by atoms with van der Waals surface area (Å²) in [6.45, 7) is 1.93. The lowest BCUT2D eigenvalue weighted by molar-refractivity contribution is -0.114. The Morgan fingerprint density at radius 1 is 1.10 bits per heavy atom. The molecule has 0 aliphatic rings. The zero-order valence-corrected chi connectivity index (χ0v) is 18.1. The first-order valence-corrected chi connectivity index (χ1v) is 10.8. The number of nitrogens with zero attached hydrogens (tertiary/aromatic N) is 1. The van der Waals surface area contributed by atoms with Crippen molar-refractivity contribution in [2.24, 2.45) is 0 Å². The van der Waals surface area contributed by atoms with Crippen LogP contribution in [0.1, 0.15) is 6.92 Å². The van der Waals surface area contributed by atoms with Gasteiger partial charge in [-0.1, -0.05) is 11.6 Å². The van der Waals surface area contributed by atoms with Crippen molar-refractivity contribution >= 4 is 38.9 Å². The third-order valence-electron chi connectivity index (χ3n) is 3.86. The van der Waals surface area contributed by atoms with Gasteiger partial charge in [0.05, 0.1) is 37.8 Å². The van der Waals surface area contributed by atoms with E-state index in [2.05, 4.69) is 5.32 Å². The molecular formula is C19H23ClN2O6S. The Balaban J connectivity index is 2.29. The molecule has 10 heteroatoms. The van der Waals surface area contributed by atoms with E-state index in [0.29, 0.717) is 18.0 Å². The molecule has 0 bridgehead atoms. The van der Waals surface area contributed by atoms with Gasteiger partial charge in [-0.3, -0.25) is 9.10 Å². The Labute approximate surface area is 175 Å². The van der Waals surface area contributed by atoms with E-state index in [0.717, 1.165) is 10.6 Å². The van der Waals surface area contributed by atoms with Crippen molar-refractivity contribution in [1.29, 1.82) is 0 Å². The lowest BCUT2D eigenvalue weighted by atomic mass is 10.2. The van der Waals surface area contributed by atoms with Crippen molar-refractivity contribution < 1.29 is 27.4 Å². The molecule has 0 unspecified atom stereocenters. The molecule has 8 nitrogen and oxygen atoms in total. The molecule has 0 atom stereocenters. The van der Waals surface area contributed by atoms with Crippen molar-refractivity contribution in [3.63, 3.8) is 0 Å². The summed E-state index contributed by atoms with van der Waals surface area (Å²) in [5, 5.41) is 2.91. The number of carbonyl (C=O) groups excluding carboxylic acids is 1. The van der Waals surface area contributed by atoms with Gasteiger partial charge in [-0.05, 0) is 31.2 Å². The predicted molar refractivity (Wildman–Crippen MR) is 113 cm³/mol. The number of benzene rings is 2. The van der Waals surface area contributed by atoms with Gasteiger partial charge < -0.3 is 19.5 Å². The van der Waals surface area contributed by atoms with E-state index in [-0.39, 0.29) is 22.2 Å². The monoisotopic (exact) mass is 442 g/mol. The fraction of sp³-hybridized carbons (Fsp3) is 0.316. The van der Waals surface area contributed by atoms with E-state index in [9.17, 15) is 13.2 Å². The van der Waals surface area contributed by atoms with Crippen molar-refractivity contribution in [3.8, 4) is 17.2 Å². The number of ether oxygens (including phenoxy) is 3. The number of methoxy groups -OCH3 is 2. The summed E-state index contributed by atoms with van der Waals surface area (Å²) < 4.78 is 41.5. The predicted octanol–water partition coefficient (Wildman–Crippen LogP) is 3.16. The van der Waals surface area contributed by atoms with Crippen molar-refractivity contribution in [1.82, 2.24) is 0 Å². The standard InChI is InChI=1S/C19H23ClN2O6S/c1-5-28-14-8-6-13(7-9-14)21-19(23)12-22(29(4,24)25)16-11-17(26-2)15(20)10-18(16)27-3/h6-11H,5,12H2,1-4H3,(H,21,23). The molecule has 0 aliphatic heterocycles. The lowest BCUT2D eigenvalue weighted by Gasteiger charge is -2.24. The van der Waals surface area contributed by atoms with Gasteiger partial charge in [-0.15, -0.1) is 0 Å². The van der Waals surface area contributed by atoms with Crippen LogP contribution in [-0.4, -0.2) is 48.0 Å². The summed E-state index contributed by atoms with van der Waals surface area (Å²) in [6.07, 6.45) is 0.998. The van der Waals surface area contributed by atoms with Gasteiger partial charge in [0.25, 0.3) is 0 Å². The highest BCUT2D eigenvalue weighted by Gasteiger charge is 2.25. The molecule has 0 aliphatic carbocycles. The van der Waals surface area contributed by atoms with E-state index >= 15 is 0 Å². The molecule has 2 rings (SSSR count). The first-order valence-electron chi connectivity index (χ1n) is 8.61. The second kappa shape index (κ2) is 9.71. The second-order valence-electron chi connectivity index (χ2n) is 5.93. The van der Waals surface area contributed by atoms with Crippen LogP contribution < -0.4 is 23.8 Å². The van der Waals surface area contributed by atoms with Crippen molar-refractivity contribution in [3.05, 3.63) is 41.4 Å². The third kappa shape index (κ3) is 5.91. The Morgan fingerprint density at radius 2 is 1.72 bits per heavy atom. The Hall–Kier alpha value is -2.65. The molecule has 2 aromatic carbocycles. The zero-order valence-electron chi connectivity index (χ0n) is 16.6. The number of sulfonamides is 1. The van der Waals surface area contributed by atoms with Gasteiger partial charge in [-0.25, -0.2) is 8.42 Å². The summed E-state index contributed by atoms with van der Waals surface area (Å²) in [6, 6.07) is 9.59. The maximum absolute atomic E-state index is 12.5. The van der Waals surface area contributed by atoms with E-state index in [1.807, 2.05) is 6.92 Å². The minimum absolute atomic E-state index is 0.137. The van der Waals surface area contributed by atoms with Crippen LogP contribution >= 0.6 is 11.6 Å². The van der Waals surface area contributed by atoms with Crippen LogP contribution in [0.2, 0.25) is 5.02 Å². The highest BCUT2D eigenvalue weighted by atomic mass is 35.5. The fourth-order valence-electron chi connectivity index (χ4n) is 2.55. The normalized spacial score (nSPS) is 10.9. The Bertz CT molecular complexity index is 963. The van der Waals surface area contributed by atoms with E-state index in [1.54, 1.807) is 24.3 Å². The van der Waals surface area contributed by atoms with Crippen LogP contribution in [0.25, 0.3) is 0 Å². The molecule has 0 aromatic heterocycles. The van der Waals surface area contributed by atoms with Gasteiger partial charge in [0, 0.05) is 17.8 Å². The number of carbonyl (C=O) groups is 1. The van der Waals surface area contributed by atoms with Gasteiger partial charge in [0.1, 0.15) is 23.8 Å². The van der Waals surface area contributed by atoms with Crippen molar-refractivity contribution in [2.45, 2.75) is 6.92 Å². The van der Waals surface area contributed by atoms with Gasteiger partial charge in [0.2, 0.25) is 15.9 Å². The molecule has 0 radical (unpaired) electrons. The number of amides is 1. The molecule has 158 valence electrons. The number of anilines is 2. The highest BCUT2D eigenvalue weighted by molar-refractivity contribution is 7.92. The molecule has 0 saturated heterocycles. The minimum Gasteiger partial charge on any atom is -0.495 e. The second-order valence-corrected chi connectivity index (χ2v) is 8.25. The molecule has 1 N–H and O–H groups in total. The van der Waals surface area contributed by atoms with Crippen molar-refractivity contribution in [2.75, 3.05) is 43.2 Å². The van der Waals surface area contributed by atoms with Crippen LogP contribution in [0.3, 0.4) is 0 Å². The number of nitrogens with one attached hydrogen (secondary N) is 1. The van der Waals surface area contributed by atoms with Crippen LogP contribution in [-0.2, 0) is 14.8 Å². The molecule has 0 heterocycles. The maximum atomic E-state index is 12.5. The number of hydrogen-bond donors (Lipinski definition) is 1. The highest BCUT2D eigenvalue weighted by Crippen LogP contribution is 2.38. The van der Waals surface area contributed by atoms with Crippen LogP contribution in [0.5, 0.6) is 17.2 Å². The van der Waals surface area contributed by atoms with Crippen LogP contribution in [0.4, 0.5) is 11.4 Å². The minimum atomic E-state index is -3.82. The van der Waals surface area contributed by atoms with E-state index < -0.39 is 22.5 Å².